The van der Waals surface area contributed by atoms with E-state index in [0.717, 1.165) is 68.1 Å². The molecule has 2 aliphatic carbocycles. The van der Waals surface area contributed by atoms with Gasteiger partial charge >= 0.3 is 12.0 Å². The topological polar surface area (TPSA) is 139 Å². The van der Waals surface area contributed by atoms with Crippen molar-refractivity contribution in [1.82, 2.24) is 34.4 Å². The number of likely N-dealkylation sites (N-methyl/N-ethyl adjacent to an activating group) is 1. The summed E-state index contributed by atoms with van der Waals surface area (Å²) in [7, 11) is 7.62. The van der Waals surface area contributed by atoms with Crippen LogP contribution in [0.4, 0.5) is 4.79 Å². The number of carbonyl (C=O) groups is 4. The first-order valence-corrected chi connectivity index (χ1v) is 26.9. The van der Waals surface area contributed by atoms with Gasteiger partial charge in [-0.05, 0) is 113 Å². The van der Waals surface area contributed by atoms with Crippen LogP contribution in [-0.4, -0.2) is 122 Å². The van der Waals surface area contributed by atoms with Gasteiger partial charge in [-0.15, -0.1) is 11.3 Å². The molecule has 13 nitrogen and oxygen atoms in total. The standard InChI is InChI=1S/C49H60N7O6SSi3/c1-10-54(29-17-18-29)46(60)53(8)38(27(3)4)40(57)37-41-43(65-41)49(37)24-36-51-33(25-63-36)28-16-19-34-31(22-28)32(39(55(34)11-2)30-14-12-20-50-42(30)48(7,64)61-9)23-47(5,6)26-62-44(58)35-15-13-21-56(45(49)59)52-66-35/h12,14,16,19-20,22,25,29,35,37,41,43,52H,10-11,13,15,17-18,21,23-24,26H2,1-9H3/t35-,37?,41?,43?,48+,49?/m0/s1. The number of hydrazine groups is 1. The molecule has 1 aromatic carbocycles. The number of benzene rings is 1. The van der Waals surface area contributed by atoms with Crippen LogP contribution < -0.4 is 5.09 Å². The second-order valence-corrected chi connectivity index (χ2v) is 24.6. The van der Waals surface area contributed by atoms with Gasteiger partial charge in [0.05, 0.1) is 60.8 Å². The number of nitrogens with one attached hydrogen (secondary N) is 1. The number of aryl methyl sites for hydroxylation is 1. The molecule has 1 N–H and O–H groups in total. The summed E-state index contributed by atoms with van der Waals surface area (Å²) in [6, 6.07) is 10.6. The van der Waals surface area contributed by atoms with Crippen LogP contribution >= 0.6 is 11.3 Å². The summed E-state index contributed by atoms with van der Waals surface area (Å²) in [5.41, 5.74) is 5.92. The molecular formula is C49H60N7O6SSi3. The van der Waals surface area contributed by atoms with Gasteiger partial charge in [-0.1, -0.05) is 19.9 Å². The third-order valence-electron chi connectivity index (χ3n) is 14.4. The molecular weight excluding hydrogens is 899 g/mol. The van der Waals surface area contributed by atoms with Crippen LogP contribution in [0.5, 0.6) is 0 Å². The normalized spacial score (nSPS) is 25.8. The molecule has 17 heteroatoms. The van der Waals surface area contributed by atoms with E-state index in [1.165, 1.54) is 16.2 Å². The second-order valence-electron chi connectivity index (χ2n) is 19.9. The number of ketones is 1. The van der Waals surface area contributed by atoms with Gasteiger partial charge in [0, 0.05) is 101 Å². The molecule has 6 heterocycles. The number of amides is 3. The Bertz CT molecular complexity index is 2640. The van der Waals surface area contributed by atoms with Crippen molar-refractivity contribution in [2.75, 3.05) is 33.9 Å². The molecule has 3 amide bonds. The average Bonchev–Trinajstić information content (AvgIpc) is 4.21. The number of hydrogen-bond acceptors (Lipinski definition) is 10. The number of fused-ring (bicyclic) bond motifs is 9. The number of methoxy groups -OCH3 is 1. The minimum Gasteiger partial charge on any atom is -0.465 e. The molecule has 5 aliphatic rings. The molecule has 4 unspecified atom stereocenters. The number of ether oxygens (including phenoxy) is 2. The fraction of sp³-hybridized carbons (Fsp3) is 0.551. The minimum absolute atomic E-state index is 0.0256. The highest BCUT2D eigenvalue weighted by atomic mass is 32.1. The van der Waals surface area contributed by atoms with E-state index < -0.39 is 27.5 Å². The zero-order valence-corrected chi connectivity index (χ0v) is 43.4. The quantitative estimate of drug-likeness (QED) is 0.104. The highest BCUT2D eigenvalue weighted by molar-refractivity contribution is 7.10. The van der Waals surface area contributed by atoms with Gasteiger partial charge in [-0.2, -0.15) is 0 Å². The summed E-state index contributed by atoms with van der Waals surface area (Å²) < 4.78 is 14.5. The Hall–Kier alpha value is -4.27. The molecule has 2 saturated carbocycles. The third-order valence-corrected chi connectivity index (χ3v) is 18.9. The lowest BCUT2D eigenvalue weighted by molar-refractivity contribution is -0.156. The van der Waals surface area contributed by atoms with Crippen LogP contribution in [0.25, 0.3) is 33.4 Å². The number of Topliss-reactive ketones (excluding diaryl/α,β-unsaturated/α-hetero) is 1. The Morgan fingerprint density at radius 3 is 2.61 bits per heavy atom. The molecule has 6 atom stereocenters. The van der Waals surface area contributed by atoms with E-state index in [1.54, 1.807) is 25.4 Å². The molecule has 4 aromatic rings. The van der Waals surface area contributed by atoms with E-state index in [2.05, 4.69) is 70.3 Å². The maximum absolute atomic E-state index is 15.5. The van der Waals surface area contributed by atoms with E-state index in [0.29, 0.717) is 60.5 Å². The Morgan fingerprint density at radius 1 is 1.14 bits per heavy atom. The molecule has 7 radical (unpaired) electrons. The van der Waals surface area contributed by atoms with Gasteiger partial charge in [-0.25, -0.2) is 9.78 Å². The van der Waals surface area contributed by atoms with Crippen LogP contribution in [0.1, 0.15) is 90.4 Å². The van der Waals surface area contributed by atoms with Crippen molar-refractivity contribution >= 4 is 75.4 Å². The molecule has 2 saturated heterocycles. The van der Waals surface area contributed by atoms with Gasteiger partial charge in [0.25, 0.3) is 0 Å². The Labute approximate surface area is 400 Å². The molecule has 345 valence electrons. The molecule has 1 spiro atoms. The monoisotopic (exact) mass is 958 g/mol. The number of pyridine rings is 1. The van der Waals surface area contributed by atoms with Gasteiger partial charge < -0.3 is 18.9 Å². The lowest BCUT2D eigenvalue weighted by atomic mass is 9.55. The lowest BCUT2D eigenvalue weighted by Crippen LogP contribution is -2.60. The van der Waals surface area contributed by atoms with Crippen molar-refractivity contribution < 1.29 is 28.7 Å². The zero-order chi connectivity index (χ0) is 47.0. The van der Waals surface area contributed by atoms with Crippen molar-refractivity contribution in [1.29, 1.82) is 0 Å². The number of carbonyl (C=O) groups excluding carboxylic acids is 4. The number of thiazole rings is 1. The minimum atomic E-state index is -1.07. The molecule has 3 aliphatic heterocycles. The predicted molar refractivity (Wildman–Crippen MR) is 259 cm³/mol. The van der Waals surface area contributed by atoms with Crippen LogP contribution in [0.2, 0.25) is 16.6 Å². The Kier molecular flexibility index (Phi) is 12.5. The molecule has 6 bridgehead atoms. The van der Waals surface area contributed by atoms with Crippen molar-refractivity contribution in [2.24, 2.45) is 16.7 Å². The summed E-state index contributed by atoms with van der Waals surface area (Å²) in [5, 5.41) is 8.18. The summed E-state index contributed by atoms with van der Waals surface area (Å²) in [5.74, 6) is -1.17. The highest BCUT2D eigenvalue weighted by Gasteiger charge is 2.77. The maximum atomic E-state index is 15.5. The third kappa shape index (κ3) is 8.08. The van der Waals surface area contributed by atoms with E-state index in [1.807, 2.05) is 38.7 Å². The molecule has 9 rings (SSSR count). The number of hydrogen-bond donors (Lipinski definition) is 1. The summed E-state index contributed by atoms with van der Waals surface area (Å²) in [6.45, 7) is 16.0. The first-order valence-electron chi connectivity index (χ1n) is 23.3. The SMILES string of the molecule is CCN(C(=O)N(C)C(C(=O)C1C2[Si]C2C12Cc1nc(cs1)-c1ccc3c(c1)c(c(-c1cccnc1[C@@](C)([Si])OC)n3CC)CC(C)(C)COC(=O)[C@@H]1CCCN(N[Si]1)C2=O)=C(C)C)C1CC1. The largest absolute Gasteiger partial charge is 0.465 e. The number of esters is 1. The van der Waals surface area contributed by atoms with Crippen LogP contribution in [0, 0.1) is 16.7 Å². The molecule has 66 heavy (non-hydrogen) atoms. The zero-order valence-electron chi connectivity index (χ0n) is 39.5. The van der Waals surface area contributed by atoms with Crippen LogP contribution in [0.15, 0.2) is 53.2 Å². The van der Waals surface area contributed by atoms with Crippen LogP contribution in [-0.2, 0) is 48.5 Å². The first-order chi connectivity index (χ1) is 31.5. The second kappa shape index (κ2) is 17.7. The molecule has 4 fully saturated rings. The Morgan fingerprint density at radius 2 is 1.91 bits per heavy atom. The lowest BCUT2D eigenvalue weighted by Gasteiger charge is -2.49. The van der Waals surface area contributed by atoms with E-state index in [9.17, 15) is 9.59 Å². The fourth-order valence-electron chi connectivity index (χ4n) is 10.8. The van der Waals surface area contributed by atoms with E-state index in [-0.39, 0.29) is 57.1 Å². The van der Waals surface area contributed by atoms with Crippen LogP contribution in [0.3, 0.4) is 0 Å². The van der Waals surface area contributed by atoms with Crippen molar-refractivity contribution in [2.45, 2.75) is 121 Å². The number of nitrogens with zero attached hydrogens (tertiary/aromatic N) is 6. The van der Waals surface area contributed by atoms with Gasteiger partial charge in [0.2, 0.25) is 5.91 Å². The number of urea groups is 1. The van der Waals surface area contributed by atoms with Crippen molar-refractivity contribution in [3.63, 3.8) is 0 Å². The van der Waals surface area contributed by atoms with E-state index >= 15 is 9.59 Å². The number of allylic oxidation sites excluding steroid dienone is 2. The highest BCUT2D eigenvalue weighted by Crippen LogP contribution is 2.77. The van der Waals surface area contributed by atoms with Gasteiger partial charge in [0.15, 0.2) is 15.5 Å². The maximum Gasteiger partial charge on any atom is 0.324 e. The smallest absolute Gasteiger partial charge is 0.324 e. The first kappa shape index (κ1) is 46.8. The predicted octanol–water partition coefficient (Wildman–Crippen LogP) is 7.35. The fourth-order valence-corrected chi connectivity index (χ4v) is 15.2. The van der Waals surface area contributed by atoms with Gasteiger partial charge in [-0.3, -0.25) is 34.4 Å². The summed E-state index contributed by atoms with van der Waals surface area (Å²) in [4.78, 5) is 72.3. The summed E-state index contributed by atoms with van der Waals surface area (Å²) >= 11 is 1.53. The number of aromatic nitrogens is 3. The molecule has 3 aromatic heterocycles. The van der Waals surface area contributed by atoms with E-state index in [4.69, 9.17) is 19.4 Å². The average molecular weight is 959 g/mol. The van der Waals surface area contributed by atoms with Crippen molar-refractivity contribution in [3.8, 4) is 22.5 Å². The Balaban J connectivity index is 1.17. The van der Waals surface area contributed by atoms with Crippen molar-refractivity contribution in [3.05, 3.63) is 69.4 Å². The van der Waals surface area contributed by atoms with Gasteiger partial charge in [0.1, 0.15) is 0 Å². The number of cyclic esters (lactones) is 1. The number of rotatable bonds is 9. The summed E-state index contributed by atoms with van der Waals surface area (Å²) in [6.07, 6.45) is 5.80.